The Labute approximate surface area is 104 Å². The Morgan fingerprint density at radius 3 is 2.67 bits per heavy atom. The molecule has 2 N–H and O–H groups in total. The van der Waals surface area contributed by atoms with Gasteiger partial charge in [-0.1, -0.05) is 12.1 Å². The Morgan fingerprint density at radius 1 is 1.39 bits per heavy atom. The fraction of sp³-hybridized carbons (Fsp3) is 0. The lowest BCUT2D eigenvalue weighted by Gasteiger charge is -2.10. The molecule has 6 nitrogen and oxygen atoms in total. The smallest absolute Gasteiger partial charge is 0.285 e. The Balaban J connectivity index is 2.89. The molecule has 0 atom stereocenters. The summed E-state index contributed by atoms with van der Waals surface area (Å²) in [5, 5.41) is 12.1. The van der Waals surface area contributed by atoms with E-state index in [0.717, 1.165) is 10.6 Å². The second kappa shape index (κ2) is 4.49. The zero-order chi connectivity index (χ0) is 13.3. The highest BCUT2D eigenvalue weighted by molar-refractivity contribution is 7.71. The maximum absolute atomic E-state index is 13.6. The van der Waals surface area contributed by atoms with Crippen LogP contribution in [0.1, 0.15) is 0 Å². The van der Waals surface area contributed by atoms with E-state index in [1.807, 2.05) is 0 Å². The first-order chi connectivity index (χ1) is 8.56. The zero-order valence-electron chi connectivity index (χ0n) is 8.75. The summed E-state index contributed by atoms with van der Waals surface area (Å²) in [6.07, 6.45) is 0. The molecule has 92 valence electrons. The number of nitroso groups, excluding NO2 is 1. The Morgan fingerprint density at radius 2 is 2.06 bits per heavy atom. The lowest BCUT2D eigenvalue weighted by Crippen LogP contribution is -2.13. The van der Waals surface area contributed by atoms with Crippen molar-refractivity contribution in [1.29, 1.82) is 0 Å². The van der Waals surface area contributed by atoms with E-state index in [1.165, 1.54) is 18.2 Å². The van der Waals surface area contributed by atoms with Crippen LogP contribution < -0.4 is 5.56 Å². The minimum absolute atomic E-state index is 0.0962. The number of rotatable bonds is 2. The van der Waals surface area contributed by atoms with Crippen molar-refractivity contribution in [3.8, 4) is 11.6 Å². The van der Waals surface area contributed by atoms with Crippen molar-refractivity contribution in [3.63, 3.8) is 0 Å². The molecule has 0 bridgehead atoms. The SMILES string of the molecule is O=Nc1c(O)n(-c2ccccc2F)c(=S)[nH]c1=O. The predicted octanol–water partition coefficient (Wildman–Crippen LogP) is 2.14. The highest BCUT2D eigenvalue weighted by Crippen LogP contribution is 2.26. The summed E-state index contributed by atoms with van der Waals surface area (Å²) in [6.45, 7) is 0. The number of hydrogen-bond acceptors (Lipinski definition) is 5. The third-order valence-corrected chi connectivity index (χ3v) is 2.53. The van der Waals surface area contributed by atoms with Crippen LogP contribution in [0, 0.1) is 15.5 Å². The van der Waals surface area contributed by atoms with E-state index in [-0.39, 0.29) is 10.5 Å². The average Bonchev–Trinajstić information content (AvgIpc) is 2.31. The number of benzene rings is 1. The van der Waals surface area contributed by atoms with E-state index in [0.29, 0.717) is 0 Å². The maximum atomic E-state index is 13.6. The van der Waals surface area contributed by atoms with Crippen molar-refractivity contribution in [2.75, 3.05) is 0 Å². The van der Waals surface area contributed by atoms with Crippen LogP contribution in [0.5, 0.6) is 5.88 Å². The molecular weight excluding hydrogens is 261 g/mol. The number of nitrogens with one attached hydrogen (secondary N) is 1. The molecule has 0 radical (unpaired) electrons. The maximum Gasteiger partial charge on any atom is 0.285 e. The number of para-hydroxylation sites is 1. The van der Waals surface area contributed by atoms with Gasteiger partial charge in [0, 0.05) is 0 Å². The van der Waals surface area contributed by atoms with Gasteiger partial charge < -0.3 is 5.11 Å². The van der Waals surface area contributed by atoms with Gasteiger partial charge in [-0.3, -0.25) is 14.3 Å². The van der Waals surface area contributed by atoms with E-state index in [4.69, 9.17) is 12.2 Å². The lowest BCUT2D eigenvalue weighted by molar-refractivity contribution is 0.432. The second-order valence-electron chi connectivity index (χ2n) is 3.31. The molecule has 0 amide bonds. The fourth-order valence-electron chi connectivity index (χ4n) is 1.45. The summed E-state index contributed by atoms with van der Waals surface area (Å²) < 4.78 is 14.2. The summed E-state index contributed by atoms with van der Waals surface area (Å²) in [6, 6.07) is 5.44. The molecule has 1 heterocycles. The molecule has 0 aliphatic rings. The Hall–Kier alpha value is -2.35. The number of H-pyrrole nitrogens is 1. The minimum Gasteiger partial charge on any atom is -0.492 e. The van der Waals surface area contributed by atoms with E-state index in [9.17, 15) is 19.2 Å². The van der Waals surface area contributed by atoms with Crippen LogP contribution in [0.4, 0.5) is 10.1 Å². The van der Waals surface area contributed by atoms with Gasteiger partial charge in [0.2, 0.25) is 11.6 Å². The molecular formula is C10H6FN3O3S. The first-order valence-electron chi connectivity index (χ1n) is 4.73. The van der Waals surface area contributed by atoms with Crippen LogP contribution in [-0.4, -0.2) is 14.7 Å². The van der Waals surface area contributed by atoms with Gasteiger partial charge in [-0.25, -0.2) is 4.39 Å². The molecule has 0 saturated heterocycles. The van der Waals surface area contributed by atoms with Crippen LogP contribution in [0.3, 0.4) is 0 Å². The molecule has 8 heteroatoms. The van der Waals surface area contributed by atoms with Crippen molar-refractivity contribution >= 4 is 17.9 Å². The van der Waals surface area contributed by atoms with E-state index >= 15 is 0 Å². The molecule has 2 rings (SSSR count). The van der Waals surface area contributed by atoms with Crippen LogP contribution in [0.2, 0.25) is 0 Å². The quantitative estimate of drug-likeness (QED) is 0.644. The zero-order valence-corrected chi connectivity index (χ0v) is 9.57. The minimum atomic E-state index is -0.930. The van der Waals surface area contributed by atoms with Crippen molar-refractivity contribution in [2.45, 2.75) is 0 Å². The Kier molecular flexibility index (Phi) is 3.02. The third-order valence-electron chi connectivity index (χ3n) is 2.25. The van der Waals surface area contributed by atoms with Gasteiger partial charge in [0.25, 0.3) is 5.56 Å². The van der Waals surface area contributed by atoms with Gasteiger partial charge in [-0.05, 0) is 29.5 Å². The number of aromatic amines is 1. The summed E-state index contributed by atoms with van der Waals surface area (Å²) in [4.78, 5) is 23.9. The predicted molar refractivity (Wildman–Crippen MR) is 64.3 cm³/mol. The first-order valence-corrected chi connectivity index (χ1v) is 5.13. The fourth-order valence-corrected chi connectivity index (χ4v) is 1.73. The lowest BCUT2D eigenvalue weighted by atomic mass is 10.3. The van der Waals surface area contributed by atoms with Crippen LogP contribution >= 0.6 is 12.2 Å². The monoisotopic (exact) mass is 267 g/mol. The van der Waals surface area contributed by atoms with Crippen molar-refractivity contribution in [3.05, 3.63) is 50.1 Å². The summed E-state index contributed by atoms with van der Waals surface area (Å²) >= 11 is 4.81. The van der Waals surface area contributed by atoms with Crippen molar-refractivity contribution < 1.29 is 9.50 Å². The van der Waals surface area contributed by atoms with Crippen LogP contribution in [0.15, 0.2) is 34.2 Å². The largest absolute Gasteiger partial charge is 0.492 e. The van der Waals surface area contributed by atoms with E-state index in [2.05, 4.69) is 10.2 Å². The average molecular weight is 267 g/mol. The summed E-state index contributed by atoms with van der Waals surface area (Å²) in [5.74, 6) is -1.48. The standard InChI is InChI=1S/C10H6FN3O3S/c11-5-3-1-2-4-6(5)14-9(16)7(13-17)8(15)12-10(14)18/h1-4,16H,(H,12,15,18). The van der Waals surface area contributed by atoms with Gasteiger partial charge in [0.1, 0.15) is 5.82 Å². The van der Waals surface area contributed by atoms with Gasteiger partial charge in [-0.15, -0.1) is 4.91 Å². The third kappa shape index (κ3) is 1.82. The highest BCUT2D eigenvalue weighted by atomic mass is 32.1. The second-order valence-corrected chi connectivity index (χ2v) is 3.70. The summed E-state index contributed by atoms with van der Waals surface area (Å²) in [7, 11) is 0. The molecule has 18 heavy (non-hydrogen) atoms. The van der Waals surface area contributed by atoms with Crippen LogP contribution in [-0.2, 0) is 0 Å². The number of aromatic nitrogens is 2. The molecule has 0 unspecified atom stereocenters. The molecule has 0 aliphatic carbocycles. The molecule has 0 fully saturated rings. The van der Waals surface area contributed by atoms with Gasteiger partial charge in [0.05, 0.1) is 5.69 Å². The number of aromatic hydroxyl groups is 1. The molecule has 2 aromatic rings. The molecule has 0 aliphatic heterocycles. The first kappa shape index (κ1) is 12.1. The topological polar surface area (TPSA) is 87.4 Å². The highest BCUT2D eigenvalue weighted by Gasteiger charge is 2.16. The summed E-state index contributed by atoms with van der Waals surface area (Å²) in [5.41, 5.74) is -1.78. The molecule has 1 aromatic heterocycles. The number of halogens is 1. The van der Waals surface area contributed by atoms with E-state index < -0.39 is 22.9 Å². The Bertz CT molecular complexity index is 738. The molecule has 0 spiro atoms. The molecule has 1 aromatic carbocycles. The normalized spacial score (nSPS) is 10.3. The van der Waals surface area contributed by atoms with Crippen molar-refractivity contribution in [2.24, 2.45) is 5.18 Å². The van der Waals surface area contributed by atoms with Gasteiger partial charge >= 0.3 is 0 Å². The van der Waals surface area contributed by atoms with Crippen LogP contribution in [0.25, 0.3) is 5.69 Å². The van der Waals surface area contributed by atoms with Gasteiger partial charge in [-0.2, -0.15) is 0 Å². The number of hydrogen-bond donors (Lipinski definition) is 2. The number of nitrogens with zero attached hydrogens (tertiary/aromatic N) is 2. The van der Waals surface area contributed by atoms with Gasteiger partial charge in [0.15, 0.2) is 4.77 Å². The van der Waals surface area contributed by atoms with E-state index in [1.54, 1.807) is 0 Å². The van der Waals surface area contributed by atoms with Crippen molar-refractivity contribution in [1.82, 2.24) is 9.55 Å². The molecule has 0 saturated carbocycles.